The predicted octanol–water partition coefficient (Wildman–Crippen LogP) is 3.12. The van der Waals surface area contributed by atoms with Crippen molar-refractivity contribution in [2.24, 2.45) is 0 Å². The van der Waals surface area contributed by atoms with E-state index in [1.54, 1.807) is 11.3 Å². The normalized spacial score (nSPS) is 17.7. The lowest BCUT2D eigenvalue weighted by Gasteiger charge is -2.25. The van der Waals surface area contributed by atoms with Gasteiger partial charge in [-0.05, 0) is 42.0 Å². The van der Waals surface area contributed by atoms with Crippen molar-refractivity contribution in [1.82, 2.24) is 9.88 Å². The molecule has 22 heavy (non-hydrogen) atoms. The fourth-order valence-corrected chi connectivity index (χ4v) is 3.66. The molecule has 5 heteroatoms. The quantitative estimate of drug-likeness (QED) is 0.870. The molecule has 0 aliphatic carbocycles. The summed E-state index contributed by atoms with van der Waals surface area (Å²) >= 11 is 1.65. The van der Waals surface area contributed by atoms with Crippen molar-refractivity contribution in [3.05, 3.63) is 46.3 Å². The number of hydrogen-bond acceptors (Lipinski definition) is 4. The van der Waals surface area contributed by atoms with Crippen LogP contribution in [0.15, 0.2) is 35.8 Å². The van der Waals surface area contributed by atoms with Crippen molar-refractivity contribution in [2.45, 2.75) is 25.3 Å². The van der Waals surface area contributed by atoms with Crippen molar-refractivity contribution in [2.75, 3.05) is 25.5 Å². The first-order valence-corrected chi connectivity index (χ1v) is 8.48. The summed E-state index contributed by atoms with van der Waals surface area (Å²) < 4.78 is 0. The van der Waals surface area contributed by atoms with Gasteiger partial charge in [-0.3, -0.25) is 4.79 Å². The van der Waals surface area contributed by atoms with Gasteiger partial charge in [0.1, 0.15) is 5.82 Å². The van der Waals surface area contributed by atoms with Gasteiger partial charge in [-0.25, -0.2) is 4.98 Å². The molecular weight excluding hydrogens is 294 g/mol. The Labute approximate surface area is 135 Å². The number of aromatic nitrogens is 1. The molecule has 0 aromatic carbocycles. The first kappa shape index (κ1) is 15.0. The molecule has 1 fully saturated rings. The SMILES string of the molecule is CN(C)c1cc([C@@H]2CCCN2C(=O)Cc2cccs2)ccn1. The maximum atomic E-state index is 12.6. The summed E-state index contributed by atoms with van der Waals surface area (Å²) in [4.78, 5) is 22.2. The van der Waals surface area contributed by atoms with E-state index in [9.17, 15) is 4.79 Å². The van der Waals surface area contributed by atoms with Crippen LogP contribution in [0.1, 0.15) is 29.3 Å². The molecule has 4 nitrogen and oxygen atoms in total. The van der Waals surface area contributed by atoms with E-state index in [-0.39, 0.29) is 11.9 Å². The van der Waals surface area contributed by atoms with Crippen molar-refractivity contribution >= 4 is 23.1 Å². The van der Waals surface area contributed by atoms with Gasteiger partial charge < -0.3 is 9.80 Å². The Kier molecular flexibility index (Phi) is 4.43. The molecule has 3 rings (SSSR count). The number of hydrogen-bond donors (Lipinski definition) is 0. The van der Waals surface area contributed by atoms with E-state index >= 15 is 0 Å². The Balaban J connectivity index is 1.78. The van der Waals surface area contributed by atoms with Gasteiger partial charge in [0.2, 0.25) is 5.91 Å². The Hall–Kier alpha value is -1.88. The Morgan fingerprint density at radius 1 is 1.45 bits per heavy atom. The summed E-state index contributed by atoms with van der Waals surface area (Å²) in [5.41, 5.74) is 1.19. The number of rotatable bonds is 4. The van der Waals surface area contributed by atoms with E-state index in [1.165, 1.54) is 5.56 Å². The number of anilines is 1. The maximum absolute atomic E-state index is 12.6. The Morgan fingerprint density at radius 3 is 3.05 bits per heavy atom. The lowest BCUT2D eigenvalue weighted by molar-refractivity contribution is -0.131. The number of likely N-dealkylation sites (tertiary alicyclic amines) is 1. The summed E-state index contributed by atoms with van der Waals surface area (Å²) in [6.45, 7) is 0.856. The van der Waals surface area contributed by atoms with E-state index in [2.05, 4.69) is 11.1 Å². The molecule has 1 saturated heterocycles. The largest absolute Gasteiger partial charge is 0.363 e. The molecule has 3 heterocycles. The third-order valence-electron chi connectivity index (χ3n) is 4.09. The average molecular weight is 315 g/mol. The maximum Gasteiger partial charge on any atom is 0.228 e. The molecule has 2 aromatic heterocycles. The van der Waals surface area contributed by atoms with E-state index in [0.29, 0.717) is 6.42 Å². The van der Waals surface area contributed by atoms with Crippen LogP contribution in [-0.2, 0) is 11.2 Å². The summed E-state index contributed by atoms with van der Waals surface area (Å²) in [5, 5.41) is 2.02. The highest BCUT2D eigenvalue weighted by molar-refractivity contribution is 7.10. The van der Waals surface area contributed by atoms with E-state index in [1.807, 2.05) is 53.7 Å². The van der Waals surface area contributed by atoms with Gasteiger partial charge in [-0.1, -0.05) is 6.07 Å². The summed E-state index contributed by atoms with van der Waals surface area (Å²) in [6.07, 6.45) is 4.46. The average Bonchev–Trinajstić information content (AvgIpc) is 3.18. The van der Waals surface area contributed by atoms with Crippen LogP contribution < -0.4 is 4.90 Å². The van der Waals surface area contributed by atoms with Crippen LogP contribution in [0.3, 0.4) is 0 Å². The predicted molar refractivity (Wildman–Crippen MR) is 90.3 cm³/mol. The second-order valence-corrected chi connectivity index (χ2v) is 6.88. The highest BCUT2D eigenvalue weighted by Gasteiger charge is 2.30. The summed E-state index contributed by atoms with van der Waals surface area (Å²) in [6, 6.07) is 8.36. The fraction of sp³-hybridized carbons (Fsp3) is 0.412. The van der Waals surface area contributed by atoms with Gasteiger partial charge in [-0.15, -0.1) is 11.3 Å². The van der Waals surface area contributed by atoms with Crippen LogP contribution in [0.25, 0.3) is 0 Å². The number of carbonyl (C=O) groups is 1. The lowest BCUT2D eigenvalue weighted by atomic mass is 10.1. The van der Waals surface area contributed by atoms with Crippen molar-refractivity contribution in [3.63, 3.8) is 0 Å². The molecule has 0 radical (unpaired) electrons. The minimum atomic E-state index is 0.189. The van der Waals surface area contributed by atoms with Crippen molar-refractivity contribution in [1.29, 1.82) is 0 Å². The van der Waals surface area contributed by atoms with Gasteiger partial charge in [0, 0.05) is 31.7 Å². The fourth-order valence-electron chi connectivity index (χ4n) is 2.96. The van der Waals surface area contributed by atoms with Crippen molar-refractivity contribution in [3.8, 4) is 0 Å². The monoisotopic (exact) mass is 315 g/mol. The highest BCUT2D eigenvalue weighted by atomic mass is 32.1. The lowest BCUT2D eigenvalue weighted by Crippen LogP contribution is -2.31. The highest BCUT2D eigenvalue weighted by Crippen LogP contribution is 2.33. The minimum absolute atomic E-state index is 0.189. The number of amides is 1. The minimum Gasteiger partial charge on any atom is -0.363 e. The topological polar surface area (TPSA) is 36.4 Å². The van der Waals surface area contributed by atoms with Gasteiger partial charge in [-0.2, -0.15) is 0 Å². The number of pyridine rings is 1. The molecule has 1 atom stereocenters. The Bertz CT molecular complexity index is 639. The molecule has 0 spiro atoms. The molecule has 0 N–H and O–H groups in total. The van der Waals surface area contributed by atoms with Gasteiger partial charge in [0.05, 0.1) is 12.5 Å². The van der Waals surface area contributed by atoms with Crippen LogP contribution >= 0.6 is 11.3 Å². The smallest absolute Gasteiger partial charge is 0.228 e. The number of carbonyl (C=O) groups excluding carboxylic acids is 1. The van der Waals surface area contributed by atoms with Gasteiger partial charge in [0.25, 0.3) is 0 Å². The summed E-state index contributed by atoms with van der Waals surface area (Å²) in [7, 11) is 3.97. The second kappa shape index (κ2) is 6.48. The number of thiophene rings is 1. The Morgan fingerprint density at radius 2 is 2.32 bits per heavy atom. The first-order valence-electron chi connectivity index (χ1n) is 7.60. The van der Waals surface area contributed by atoms with Gasteiger partial charge >= 0.3 is 0 Å². The van der Waals surface area contributed by atoms with Crippen molar-refractivity contribution < 1.29 is 4.79 Å². The zero-order valence-electron chi connectivity index (χ0n) is 13.0. The standard InChI is InChI=1S/C17H21N3OS/c1-19(2)16-11-13(7-8-18-16)15-6-3-9-20(15)17(21)12-14-5-4-10-22-14/h4-5,7-8,10-11,15H,3,6,9,12H2,1-2H3/t15-/m0/s1. The van der Waals surface area contributed by atoms with Crippen LogP contribution in [0.2, 0.25) is 0 Å². The van der Waals surface area contributed by atoms with E-state index in [4.69, 9.17) is 0 Å². The zero-order valence-corrected chi connectivity index (χ0v) is 13.8. The molecule has 0 saturated carbocycles. The summed E-state index contributed by atoms with van der Waals surface area (Å²) in [5.74, 6) is 1.17. The molecular formula is C17H21N3OS. The van der Waals surface area contributed by atoms with Gasteiger partial charge in [0.15, 0.2) is 0 Å². The molecule has 2 aromatic rings. The van der Waals surface area contributed by atoms with E-state index < -0.39 is 0 Å². The third-order valence-corrected chi connectivity index (χ3v) is 4.97. The molecule has 0 bridgehead atoms. The number of nitrogens with zero attached hydrogens (tertiary/aromatic N) is 3. The molecule has 1 aliphatic rings. The van der Waals surface area contributed by atoms with Crippen LogP contribution in [0, 0.1) is 0 Å². The first-order chi connectivity index (χ1) is 10.6. The van der Waals surface area contributed by atoms with Crippen LogP contribution in [-0.4, -0.2) is 36.4 Å². The molecule has 1 aliphatic heterocycles. The van der Waals surface area contributed by atoms with Crippen LogP contribution in [0.5, 0.6) is 0 Å². The molecule has 116 valence electrons. The zero-order chi connectivity index (χ0) is 15.5. The second-order valence-electron chi connectivity index (χ2n) is 5.84. The van der Waals surface area contributed by atoms with E-state index in [0.717, 1.165) is 30.1 Å². The van der Waals surface area contributed by atoms with Crippen LogP contribution in [0.4, 0.5) is 5.82 Å². The molecule has 1 amide bonds. The molecule has 0 unspecified atom stereocenters. The third kappa shape index (κ3) is 3.14.